The van der Waals surface area contributed by atoms with Gasteiger partial charge in [-0.3, -0.25) is 9.48 Å². The van der Waals surface area contributed by atoms with Gasteiger partial charge in [-0.1, -0.05) is 0 Å². The number of likely N-dealkylation sites (tertiary alicyclic amines) is 1. The van der Waals surface area contributed by atoms with Crippen molar-refractivity contribution < 1.29 is 4.79 Å². The maximum atomic E-state index is 12.9. The van der Waals surface area contributed by atoms with Crippen LogP contribution < -0.4 is 0 Å². The molecule has 0 N–H and O–H groups in total. The number of carbonyl (C=O) groups excluding carboxylic acids is 1. The summed E-state index contributed by atoms with van der Waals surface area (Å²) in [5.41, 5.74) is 0. The first kappa shape index (κ1) is 13.9. The van der Waals surface area contributed by atoms with Gasteiger partial charge in [0.25, 0.3) is 5.91 Å². The molecular formula is C16H20N4OS. The Morgan fingerprint density at radius 3 is 3.00 bits per heavy atom. The Balaban J connectivity index is 1.50. The van der Waals surface area contributed by atoms with E-state index in [1.165, 1.54) is 19.3 Å². The third-order valence-electron chi connectivity index (χ3n) is 4.51. The summed E-state index contributed by atoms with van der Waals surface area (Å²) in [4.78, 5) is 20.1. The molecule has 1 saturated heterocycles. The molecule has 116 valence electrons. The Labute approximate surface area is 134 Å². The predicted molar refractivity (Wildman–Crippen MR) is 85.0 cm³/mol. The van der Waals surface area contributed by atoms with Gasteiger partial charge in [0.2, 0.25) is 0 Å². The number of thiazole rings is 1. The van der Waals surface area contributed by atoms with Crippen molar-refractivity contribution in [2.24, 2.45) is 0 Å². The molecule has 1 aliphatic heterocycles. The summed E-state index contributed by atoms with van der Waals surface area (Å²) in [7, 11) is 0. The van der Waals surface area contributed by atoms with Crippen LogP contribution in [0.1, 0.15) is 52.7 Å². The Morgan fingerprint density at radius 2 is 2.23 bits per heavy atom. The maximum absolute atomic E-state index is 12.9. The second kappa shape index (κ2) is 5.83. The van der Waals surface area contributed by atoms with Crippen molar-refractivity contribution in [3.63, 3.8) is 0 Å². The van der Waals surface area contributed by atoms with E-state index >= 15 is 0 Å². The highest BCUT2D eigenvalue weighted by Crippen LogP contribution is 2.42. The molecule has 1 saturated carbocycles. The fourth-order valence-electron chi connectivity index (χ4n) is 3.13. The third-order valence-corrected chi connectivity index (χ3v) is 5.65. The minimum absolute atomic E-state index is 0.154. The van der Waals surface area contributed by atoms with E-state index in [0.29, 0.717) is 5.92 Å². The number of piperidine rings is 1. The topological polar surface area (TPSA) is 51.0 Å². The Morgan fingerprint density at radius 1 is 1.32 bits per heavy atom. The van der Waals surface area contributed by atoms with Gasteiger partial charge in [0.1, 0.15) is 4.88 Å². The first-order chi connectivity index (χ1) is 10.8. The van der Waals surface area contributed by atoms with Crippen LogP contribution in [0.25, 0.3) is 0 Å². The fraction of sp³-hybridized carbons (Fsp3) is 0.562. The molecule has 2 aliphatic rings. The number of nitrogens with zero attached hydrogens (tertiary/aromatic N) is 4. The first-order valence-electron chi connectivity index (χ1n) is 8.05. The van der Waals surface area contributed by atoms with Gasteiger partial charge in [0.05, 0.1) is 23.8 Å². The van der Waals surface area contributed by atoms with E-state index in [1.54, 1.807) is 23.7 Å². The second-order valence-corrected chi connectivity index (χ2v) is 7.28. The van der Waals surface area contributed by atoms with E-state index < -0.39 is 0 Å². The molecule has 1 atom stereocenters. The van der Waals surface area contributed by atoms with E-state index in [2.05, 4.69) is 10.1 Å². The summed E-state index contributed by atoms with van der Waals surface area (Å²) < 4.78 is 1.93. The van der Waals surface area contributed by atoms with Crippen LogP contribution in [0.2, 0.25) is 0 Å². The number of carbonyl (C=O) groups is 1. The van der Waals surface area contributed by atoms with Gasteiger partial charge in [0, 0.05) is 24.9 Å². The van der Waals surface area contributed by atoms with Gasteiger partial charge in [-0.15, -0.1) is 11.3 Å². The van der Waals surface area contributed by atoms with E-state index in [-0.39, 0.29) is 11.9 Å². The van der Waals surface area contributed by atoms with Crippen LogP contribution in [0, 0.1) is 0 Å². The third kappa shape index (κ3) is 2.79. The van der Waals surface area contributed by atoms with Gasteiger partial charge in [-0.2, -0.15) is 5.10 Å². The average Bonchev–Trinajstić information content (AvgIpc) is 3.06. The molecule has 22 heavy (non-hydrogen) atoms. The summed E-state index contributed by atoms with van der Waals surface area (Å²) in [5, 5.41) is 5.42. The lowest BCUT2D eigenvalue weighted by Gasteiger charge is -2.35. The summed E-state index contributed by atoms with van der Waals surface area (Å²) in [6.45, 7) is 1.63. The second-order valence-electron chi connectivity index (χ2n) is 6.21. The number of hydrogen-bond acceptors (Lipinski definition) is 4. The van der Waals surface area contributed by atoms with Crippen molar-refractivity contribution in [3.05, 3.63) is 34.5 Å². The zero-order valence-electron chi connectivity index (χ0n) is 12.5. The normalized spacial score (nSPS) is 22.0. The SMILES string of the molecule is O=C(c1cnc(C2CC2)s1)N1CCCC[C@@H]1Cn1cccn1. The fourth-order valence-corrected chi connectivity index (χ4v) is 4.17. The highest BCUT2D eigenvalue weighted by atomic mass is 32.1. The Kier molecular flexibility index (Phi) is 3.70. The van der Waals surface area contributed by atoms with Crippen molar-refractivity contribution in [1.29, 1.82) is 0 Å². The Hall–Kier alpha value is -1.69. The summed E-state index contributed by atoms with van der Waals surface area (Å²) in [6, 6.07) is 2.17. The lowest BCUT2D eigenvalue weighted by Crippen LogP contribution is -2.45. The van der Waals surface area contributed by atoms with Crippen molar-refractivity contribution in [2.45, 2.75) is 50.6 Å². The Bertz CT molecular complexity index is 647. The van der Waals surface area contributed by atoms with Gasteiger partial charge < -0.3 is 4.90 Å². The highest BCUT2D eigenvalue weighted by molar-refractivity contribution is 7.13. The van der Waals surface area contributed by atoms with Gasteiger partial charge in [-0.25, -0.2) is 4.98 Å². The van der Waals surface area contributed by atoms with Crippen molar-refractivity contribution >= 4 is 17.2 Å². The molecule has 0 unspecified atom stereocenters. The van der Waals surface area contributed by atoms with Crippen LogP contribution >= 0.6 is 11.3 Å². The summed E-state index contributed by atoms with van der Waals surface area (Å²) >= 11 is 1.59. The number of aromatic nitrogens is 3. The molecule has 1 amide bonds. The van der Waals surface area contributed by atoms with E-state index in [0.717, 1.165) is 35.8 Å². The van der Waals surface area contributed by atoms with Gasteiger partial charge >= 0.3 is 0 Å². The monoisotopic (exact) mass is 316 g/mol. The molecular weight excluding hydrogens is 296 g/mol. The molecule has 5 nitrogen and oxygen atoms in total. The minimum atomic E-state index is 0.154. The molecule has 3 heterocycles. The van der Waals surface area contributed by atoms with Crippen LogP contribution in [-0.2, 0) is 6.54 Å². The minimum Gasteiger partial charge on any atom is -0.333 e. The van der Waals surface area contributed by atoms with Gasteiger partial charge in [-0.05, 0) is 38.2 Å². The average molecular weight is 316 g/mol. The zero-order valence-corrected chi connectivity index (χ0v) is 13.3. The van der Waals surface area contributed by atoms with Crippen LogP contribution in [0.15, 0.2) is 24.7 Å². The number of amides is 1. The van der Waals surface area contributed by atoms with Crippen LogP contribution in [0.4, 0.5) is 0 Å². The molecule has 6 heteroatoms. The summed E-state index contributed by atoms with van der Waals surface area (Å²) in [6.07, 6.45) is 11.3. The zero-order chi connectivity index (χ0) is 14.9. The van der Waals surface area contributed by atoms with E-state index in [1.807, 2.05) is 21.8 Å². The van der Waals surface area contributed by atoms with E-state index in [4.69, 9.17) is 0 Å². The van der Waals surface area contributed by atoms with Crippen molar-refractivity contribution in [1.82, 2.24) is 19.7 Å². The maximum Gasteiger partial charge on any atom is 0.265 e. The smallest absolute Gasteiger partial charge is 0.265 e. The van der Waals surface area contributed by atoms with E-state index in [9.17, 15) is 4.79 Å². The molecule has 2 aromatic heterocycles. The largest absolute Gasteiger partial charge is 0.333 e. The van der Waals surface area contributed by atoms with Crippen LogP contribution in [0.5, 0.6) is 0 Å². The quantitative estimate of drug-likeness (QED) is 0.871. The molecule has 0 aromatic carbocycles. The summed E-state index contributed by atoms with van der Waals surface area (Å²) in [5.74, 6) is 0.772. The van der Waals surface area contributed by atoms with Gasteiger partial charge in [0.15, 0.2) is 0 Å². The number of rotatable bonds is 4. The first-order valence-corrected chi connectivity index (χ1v) is 8.87. The lowest BCUT2D eigenvalue weighted by molar-refractivity contribution is 0.0588. The molecule has 2 aromatic rings. The molecule has 1 aliphatic carbocycles. The van der Waals surface area contributed by atoms with Crippen LogP contribution in [-0.4, -0.2) is 38.2 Å². The molecule has 0 spiro atoms. The lowest BCUT2D eigenvalue weighted by atomic mass is 10.0. The molecule has 4 rings (SSSR count). The molecule has 0 bridgehead atoms. The van der Waals surface area contributed by atoms with Crippen molar-refractivity contribution in [2.75, 3.05) is 6.54 Å². The number of hydrogen-bond donors (Lipinski definition) is 0. The predicted octanol–water partition coefficient (Wildman–Crippen LogP) is 2.91. The molecule has 0 radical (unpaired) electrons. The molecule has 2 fully saturated rings. The van der Waals surface area contributed by atoms with Crippen LogP contribution in [0.3, 0.4) is 0 Å². The van der Waals surface area contributed by atoms with Crippen molar-refractivity contribution in [3.8, 4) is 0 Å². The standard InChI is InChI=1S/C16H20N4OS/c21-16(14-10-17-15(22-14)12-5-6-12)20-9-2-1-4-13(20)11-19-8-3-7-18-19/h3,7-8,10,12-13H,1-2,4-6,9,11H2/t13-/m1/s1. The highest BCUT2D eigenvalue weighted by Gasteiger charge is 2.31.